The molecule has 33 heavy (non-hydrogen) atoms. The monoisotopic (exact) mass is 458 g/mol. The van der Waals surface area contributed by atoms with Gasteiger partial charge in [0, 0.05) is 51.4 Å². The van der Waals surface area contributed by atoms with Crippen LogP contribution in [0.4, 0.5) is 13.2 Å². The molecule has 1 aromatic carbocycles. The Labute approximate surface area is 189 Å². The average molecular weight is 458 g/mol. The lowest BCUT2D eigenvalue weighted by atomic mass is 10.1. The van der Waals surface area contributed by atoms with Crippen molar-refractivity contribution >= 4 is 5.91 Å². The molecule has 2 aromatic heterocycles. The van der Waals surface area contributed by atoms with Crippen molar-refractivity contribution < 1.29 is 18.0 Å². The van der Waals surface area contributed by atoms with E-state index in [0.29, 0.717) is 44.7 Å². The fourth-order valence-corrected chi connectivity index (χ4v) is 3.96. The maximum absolute atomic E-state index is 13.3. The van der Waals surface area contributed by atoms with E-state index >= 15 is 0 Å². The zero-order chi connectivity index (χ0) is 23.3. The molecule has 3 aromatic rings. The number of aromatic nitrogens is 4. The Balaban J connectivity index is 1.32. The predicted molar refractivity (Wildman–Crippen MR) is 115 cm³/mol. The highest BCUT2D eigenvalue weighted by Gasteiger charge is 2.33. The highest BCUT2D eigenvalue weighted by molar-refractivity contribution is 5.76. The summed E-state index contributed by atoms with van der Waals surface area (Å²) in [6, 6.07) is 9.46. The maximum atomic E-state index is 13.3. The van der Waals surface area contributed by atoms with Gasteiger partial charge < -0.3 is 9.88 Å². The van der Waals surface area contributed by atoms with Crippen molar-refractivity contribution in [2.45, 2.75) is 45.1 Å². The first-order valence-electron chi connectivity index (χ1n) is 10.8. The number of halogens is 3. The molecule has 0 atom stereocenters. The fraction of sp³-hybridized carbons (Fsp3) is 0.391. The van der Waals surface area contributed by atoms with Gasteiger partial charge in [-0.25, -0.2) is 0 Å². The molecule has 174 valence electrons. The molecule has 0 fully saturated rings. The molecule has 7 nitrogen and oxygen atoms in total. The molecular formula is C23H25F3N6O. The number of fused-ring (bicyclic) bond motifs is 1. The standard InChI is InChI=1S/C23H25F3N6O/c24-23(25,26)19-6-2-1-5-18(19)16-31-11-9-20-29-30-21(32(20)13-12-31)15-28-22(33)8-7-17-4-3-10-27-14-17/h1-6,10,14H,7-9,11-13,15-16H2,(H,28,33). The van der Waals surface area contributed by atoms with Crippen LogP contribution in [0.3, 0.4) is 0 Å². The minimum absolute atomic E-state index is 0.0878. The number of hydrogen-bond acceptors (Lipinski definition) is 5. The minimum Gasteiger partial charge on any atom is -0.349 e. The van der Waals surface area contributed by atoms with Gasteiger partial charge in [0.05, 0.1) is 12.1 Å². The van der Waals surface area contributed by atoms with Crippen molar-refractivity contribution in [3.05, 3.63) is 77.1 Å². The lowest BCUT2D eigenvalue weighted by Crippen LogP contribution is -2.29. The summed E-state index contributed by atoms with van der Waals surface area (Å²) in [6.07, 6.45) is 0.587. The summed E-state index contributed by atoms with van der Waals surface area (Å²) < 4.78 is 41.9. The van der Waals surface area contributed by atoms with E-state index in [1.807, 2.05) is 21.6 Å². The molecule has 0 aliphatic carbocycles. The lowest BCUT2D eigenvalue weighted by Gasteiger charge is -2.22. The molecule has 1 aliphatic rings. The molecule has 0 bridgehead atoms. The van der Waals surface area contributed by atoms with E-state index < -0.39 is 11.7 Å². The van der Waals surface area contributed by atoms with Gasteiger partial charge in [-0.1, -0.05) is 24.3 Å². The first-order chi connectivity index (χ1) is 15.9. The number of rotatable bonds is 7. The highest BCUT2D eigenvalue weighted by Crippen LogP contribution is 2.32. The van der Waals surface area contributed by atoms with E-state index in [2.05, 4.69) is 20.5 Å². The zero-order valence-electron chi connectivity index (χ0n) is 18.1. The summed E-state index contributed by atoms with van der Waals surface area (Å²) in [6.45, 7) is 2.18. The van der Waals surface area contributed by atoms with Crippen LogP contribution in [0.25, 0.3) is 0 Å². The van der Waals surface area contributed by atoms with Crippen molar-refractivity contribution in [2.24, 2.45) is 0 Å². The number of carbonyl (C=O) groups is 1. The van der Waals surface area contributed by atoms with Crippen LogP contribution >= 0.6 is 0 Å². The predicted octanol–water partition coefficient (Wildman–Crippen LogP) is 3.00. The number of benzene rings is 1. The van der Waals surface area contributed by atoms with Crippen LogP contribution in [-0.4, -0.2) is 43.6 Å². The largest absolute Gasteiger partial charge is 0.416 e. The van der Waals surface area contributed by atoms with Gasteiger partial charge >= 0.3 is 6.18 Å². The molecule has 4 rings (SSSR count). The van der Waals surface area contributed by atoms with Gasteiger partial charge in [-0.15, -0.1) is 10.2 Å². The van der Waals surface area contributed by atoms with Crippen LogP contribution in [0.1, 0.15) is 34.8 Å². The summed E-state index contributed by atoms with van der Waals surface area (Å²) in [4.78, 5) is 18.3. The van der Waals surface area contributed by atoms with E-state index in [0.717, 1.165) is 17.5 Å². The number of nitrogens with zero attached hydrogens (tertiary/aromatic N) is 5. The zero-order valence-corrected chi connectivity index (χ0v) is 18.1. The third-order valence-corrected chi connectivity index (χ3v) is 5.72. The Kier molecular flexibility index (Phi) is 7.02. The average Bonchev–Trinajstić information content (AvgIpc) is 3.09. The Hall–Kier alpha value is -3.27. The molecule has 0 saturated heterocycles. The van der Waals surface area contributed by atoms with Gasteiger partial charge in [-0.3, -0.25) is 14.7 Å². The number of aryl methyl sites for hydroxylation is 1. The molecule has 1 aliphatic heterocycles. The van der Waals surface area contributed by atoms with Gasteiger partial charge in [-0.2, -0.15) is 13.2 Å². The molecule has 0 spiro atoms. The summed E-state index contributed by atoms with van der Waals surface area (Å²) in [5, 5.41) is 11.3. The van der Waals surface area contributed by atoms with E-state index in [4.69, 9.17) is 0 Å². The molecule has 3 heterocycles. The van der Waals surface area contributed by atoms with E-state index in [9.17, 15) is 18.0 Å². The van der Waals surface area contributed by atoms with Crippen LogP contribution in [0.5, 0.6) is 0 Å². The van der Waals surface area contributed by atoms with Crippen molar-refractivity contribution in [3.63, 3.8) is 0 Å². The van der Waals surface area contributed by atoms with Crippen LogP contribution in [0.15, 0.2) is 48.8 Å². The Morgan fingerprint density at radius 1 is 1.06 bits per heavy atom. The van der Waals surface area contributed by atoms with Crippen LogP contribution < -0.4 is 5.32 Å². The molecule has 0 radical (unpaired) electrons. The van der Waals surface area contributed by atoms with Crippen molar-refractivity contribution in [1.29, 1.82) is 0 Å². The van der Waals surface area contributed by atoms with Gasteiger partial charge in [0.2, 0.25) is 5.91 Å². The molecule has 0 unspecified atom stereocenters. The number of nitrogens with one attached hydrogen (secondary N) is 1. The van der Waals surface area contributed by atoms with Crippen LogP contribution in [0, 0.1) is 0 Å². The van der Waals surface area contributed by atoms with E-state index in [-0.39, 0.29) is 24.6 Å². The van der Waals surface area contributed by atoms with E-state index in [1.165, 1.54) is 12.1 Å². The minimum atomic E-state index is -4.37. The van der Waals surface area contributed by atoms with E-state index in [1.54, 1.807) is 18.5 Å². The summed E-state index contributed by atoms with van der Waals surface area (Å²) >= 11 is 0. The van der Waals surface area contributed by atoms with Crippen molar-refractivity contribution in [2.75, 3.05) is 13.1 Å². The fourth-order valence-electron chi connectivity index (χ4n) is 3.96. The van der Waals surface area contributed by atoms with Crippen molar-refractivity contribution in [1.82, 2.24) is 30.0 Å². The topological polar surface area (TPSA) is 75.9 Å². The normalized spacial score (nSPS) is 14.5. The smallest absolute Gasteiger partial charge is 0.349 e. The third-order valence-electron chi connectivity index (χ3n) is 5.72. The molecule has 1 amide bonds. The Bertz CT molecular complexity index is 1080. The Morgan fingerprint density at radius 2 is 1.91 bits per heavy atom. The summed E-state index contributed by atoms with van der Waals surface area (Å²) in [5.41, 5.74) is 0.670. The second-order valence-corrected chi connectivity index (χ2v) is 8.00. The van der Waals surface area contributed by atoms with Crippen LogP contribution in [0.2, 0.25) is 0 Å². The lowest BCUT2D eigenvalue weighted by molar-refractivity contribution is -0.138. The SMILES string of the molecule is O=C(CCc1cccnc1)NCc1nnc2n1CCN(Cc1ccccc1C(F)(F)F)CC2. The second-order valence-electron chi connectivity index (χ2n) is 8.00. The quantitative estimate of drug-likeness (QED) is 0.589. The maximum Gasteiger partial charge on any atom is 0.416 e. The number of carbonyl (C=O) groups excluding carboxylic acids is 1. The van der Waals surface area contributed by atoms with Gasteiger partial charge in [0.1, 0.15) is 5.82 Å². The number of alkyl halides is 3. The molecule has 1 N–H and O–H groups in total. The first kappa shape index (κ1) is 22.9. The van der Waals surface area contributed by atoms with Gasteiger partial charge in [0.15, 0.2) is 5.82 Å². The molecule has 10 heteroatoms. The third kappa shape index (κ3) is 5.95. The van der Waals surface area contributed by atoms with Gasteiger partial charge in [0.25, 0.3) is 0 Å². The second kappa shape index (κ2) is 10.1. The molecule has 0 saturated carbocycles. The highest BCUT2D eigenvalue weighted by atomic mass is 19.4. The van der Waals surface area contributed by atoms with Crippen molar-refractivity contribution in [3.8, 4) is 0 Å². The van der Waals surface area contributed by atoms with Crippen LogP contribution in [-0.2, 0) is 43.4 Å². The number of amides is 1. The van der Waals surface area contributed by atoms with Gasteiger partial charge in [-0.05, 0) is 29.7 Å². The summed E-state index contributed by atoms with van der Waals surface area (Å²) in [7, 11) is 0. The summed E-state index contributed by atoms with van der Waals surface area (Å²) in [5.74, 6) is 1.34. The number of pyridine rings is 1. The Morgan fingerprint density at radius 3 is 2.70 bits per heavy atom. The molecular weight excluding hydrogens is 433 g/mol. The number of hydrogen-bond donors (Lipinski definition) is 1. The first-order valence-corrected chi connectivity index (χ1v) is 10.8.